The van der Waals surface area contributed by atoms with Crippen molar-refractivity contribution in [3.8, 4) is 0 Å². The fourth-order valence-electron chi connectivity index (χ4n) is 0.990. The number of ether oxygens (including phenoxy) is 1. The number of rotatable bonds is 7. The molecule has 8 nitrogen and oxygen atoms in total. The number of carbonyl (C=O) groups is 3. The van der Waals surface area contributed by atoms with Crippen LogP contribution in [0.15, 0.2) is 0 Å². The van der Waals surface area contributed by atoms with Crippen LogP contribution in [0.25, 0.3) is 0 Å². The van der Waals surface area contributed by atoms with Crippen molar-refractivity contribution in [1.82, 2.24) is 0 Å². The van der Waals surface area contributed by atoms with Gasteiger partial charge < -0.3 is 26.6 Å². The Bertz CT molecular complexity index is 265. The zero-order valence-electron chi connectivity index (χ0n) is 9.54. The molecule has 0 atom stereocenters. The number of carboxylic acid groups (broad SMARTS) is 3. The van der Waals surface area contributed by atoms with Crippen molar-refractivity contribution in [1.29, 1.82) is 0 Å². The summed E-state index contributed by atoms with van der Waals surface area (Å²) in [7, 11) is 0. The smallest absolute Gasteiger partial charge is 1.00 e. The minimum atomic E-state index is -2.44. The summed E-state index contributed by atoms with van der Waals surface area (Å²) in [5.41, 5.74) is -2.44. The van der Waals surface area contributed by atoms with E-state index in [4.69, 9.17) is 20.4 Å². The van der Waals surface area contributed by atoms with Crippen LogP contribution in [0.1, 0.15) is 14.3 Å². The van der Waals surface area contributed by atoms with Crippen LogP contribution in [0, 0.1) is 0 Å². The molecule has 4 N–H and O–H groups in total. The van der Waals surface area contributed by atoms with Gasteiger partial charge in [-0.1, -0.05) is 0 Å². The standard InChI is InChI=1S/C7H10O8.Na.H/c8-3-15-7(6(13)14,1-4(9)10)2-5(11)12;;/h8H,1-3H2,(H,9,10)(H,11,12)(H,13,14);;/q;+1;-1. The molecule has 0 bridgehead atoms. The van der Waals surface area contributed by atoms with Crippen molar-refractivity contribution in [2.24, 2.45) is 0 Å². The molecule has 0 amide bonds. The molecule has 0 heterocycles. The molecule has 0 aliphatic rings. The average molecular weight is 246 g/mol. The van der Waals surface area contributed by atoms with Crippen LogP contribution < -0.4 is 29.6 Å². The van der Waals surface area contributed by atoms with E-state index in [2.05, 4.69) is 4.74 Å². The van der Waals surface area contributed by atoms with Crippen molar-refractivity contribution >= 4 is 17.9 Å². The second kappa shape index (κ2) is 7.58. The van der Waals surface area contributed by atoms with Gasteiger partial charge in [0.05, 0.1) is 12.8 Å². The molecule has 0 unspecified atom stereocenters. The van der Waals surface area contributed by atoms with E-state index in [1.54, 1.807) is 0 Å². The Morgan fingerprint density at radius 2 is 1.44 bits per heavy atom. The Morgan fingerprint density at radius 3 is 1.62 bits per heavy atom. The summed E-state index contributed by atoms with van der Waals surface area (Å²) >= 11 is 0. The van der Waals surface area contributed by atoms with E-state index in [9.17, 15) is 14.4 Å². The predicted octanol–water partition coefficient (Wildman–Crippen LogP) is -4.16. The fraction of sp³-hybridized carbons (Fsp3) is 0.571. The number of carboxylic acids is 3. The van der Waals surface area contributed by atoms with Gasteiger partial charge in [-0.25, -0.2) is 4.79 Å². The number of hydrogen-bond donors (Lipinski definition) is 4. The van der Waals surface area contributed by atoms with Gasteiger partial charge in [0.15, 0.2) is 5.60 Å². The maximum Gasteiger partial charge on any atom is 1.00 e. The van der Waals surface area contributed by atoms with E-state index in [-0.39, 0.29) is 31.0 Å². The summed E-state index contributed by atoms with van der Waals surface area (Å²) in [5.74, 6) is -4.82. The number of aliphatic hydroxyl groups excluding tert-OH is 1. The molecule has 0 fully saturated rings. The van der Waals surface area contributed by atoms with Gasteiger partial charge >= 0.3 is 47.5 Å². The molecule has 0 aliphatic carbocycles. The summed E-state index contributed by atoms with van der Waals surface area (Å²) < 4.78 is 4.31. The van der Waals surface area contributed by atoms with Crippen molar-refractivity contribution in [3.63, 3.8) is 0 Å². The second-order valence-electron chi connectivity index (χ2n) is 2.71. The van der Waals surface area contributed by atoms with Crippen molar-refractivity contribution in [2.75, 3.05) is 6.79 Å². The molecule has 16 heavy (non-hydrogen) atoms. The first-order valence-electron chi connectivity index (χ1n) is 3.76. The van der Waals surface area contributed by atoms with Crippen molar-refractivity contribution in [2.45, 2.75) is 18.4 Å². The average Bonchev–Trinajstić information content (AvgIpc) is 2.01. The van der Waals surface area contributed by atoms with Gasteiger partial charge in [-0.15, -0.1) is 0 Å². The number of aliphatic hydroxyl groups is 1. The summed E-state index contributed by atoms with van der Waals surface area (Å²) in [6, 6.07) is 0. The zero-order valence-corrected chi connectivity index (χ0v) is 10.5. The van der Waals surface area contributed by atoms with Crippen LogP contribution in [-0.2, 0) is 19.1 Å². The van der Waals surface area contributed by atoms with E-state index < -0.39 is 43.1 Å². The number of hydrogen-bond acceptors (Lipinski definition) is 5. The first kappa shape index (κ1) is 17.7. The third-order valence-corrected chi connectivity index (χ3v) is 1.60. The first-order chi connectivity index (χ1) is 6.84. The summed E-state index contributed by atoms with van der Waals surface area (Å²) in [6.45, 7) is -1.08. The quantitative estimate of drug-likeness (QED) is 0.262. The topological polar surface area (TPSA) is 141 Å². The van der Waals surface area contributed by atoms with Crippen LogP contribution in [0.3, 0.4) is 0 Å². The summed E-state index contributed by atoms with van der Waals surface area (Å²) in [5, 5.41) is 33.9. The molecule has 9 heteroatoms. The minimum absolute atomic E-state index is 0. The van der Waals surface area contributed by atoms with Gasteiger partial charge in [-0.05, 0) is 0 Å². The van der Waals surface area contributed by atoms with E-state index in [0.717, 1.165) is 0 Å². The summed E-state index contributed by atoms with van der Waals surface area (Å²) in [6.07, 6.45) is -2.09. The van der Waals surface area contributed by atoms with Crippen molar-refractivity contribution < 1.29 is 70.5 Å². The second-order valence-corrected chi connectivity index (χ2v) is 2.71. The van der Waals surface area contributed by atoms with E-state index >= 15 is 0 Å². The zero-order chi connectivity index (χ0) is 12.1. The third kappa shape index (κ3) is 5.42. The normalized spacial score (nSPS) is 10.3. The SMILES string of the molecule is O=C(O)CC(CC(=O)O)(OCO)C(=O)O.[H-].[Na+]. The molecule has 0 aromatic carbocycles. The Morgan fingerprint density at radius 1 is 1.06 bits per heavy atom. The van der Waals surface area contributed by atoms with E-state index in [1.165, 1.54) is 0 Å². The fourth-order valence-corrected chi connectivity index (χ4v) is 0.990. The maximum atomic E-state index is 10.7. The van der Waals surface area contributed by atoms with Gasteiger partial charge in [0.25, 0.3) is 0 Å². The number of aliphatic carboxylic acids is 3. The summed E-state index contributed by atoms with van der Waals surface area (Å²) in [4.78, 5) is 31.4. The monoisotopic (exact) mass is 246 g/mol. The van der Waals surface area contributed by atoms with Gasteiger partial charge in [-0.3, -0.25) is 9.59 Å². The van der Waals surface area contributed by atoms with Gasteiger partial charge in [0.2, 0.25) is 0 Å². The van der Waals surface area contributed by atoms with E-state index in [1.807, 2.05) is 0 Å². The van der Waals surface area contributed by atoms with Crippen LogP contribution in [0.5, 0.6) is 0 Å². The molecule has 0 rings (SSSR count). The van der Waals surface area contributed by atoms with Crippen LogP contribution in [0.2, 0.25) is 0 Å². The largest absolute Gasteiger partial charge is 1.00 e. The van der Waals surface area contributed by atoms with Gasteiger partial charge in [0, 0.05) is 0 Å². The van der Waals surface area contributed by atoms with Crippen LogP contribution >= 0.6 is 0 Å². The minimum Gasteiger partial charge on any atom is -1.00 e. The Kier molecular flexibility index (Phi) is 8.39. The van der Waals surface area contributed by atoms with Gasteiger partial charge in [0.1, 0.15) is 6.79 Å². The predicted molar refractivity (Wildman–Crippen MR) is 44.2 cm³/mol. The molecule has 0 aromatic rings. The van der Waals surface area contributed by atoms with E-state index in [0.29, 0.717) is 0 Å². The van der Waals surface area contributed by atoms with Crippen LogP contribution in [0.4, 0.5) is 0 Å². The van der Waals surface area contributed by atoms with Crippen LogP contribution in [-0.4, -0.2) is 50.7 Å². The molecule has 88 valence electrons. The molecule has 0 spiro atoms. The third-order valence-electron chi connectivity index (χ3n) is 1.60. The maximum absolute atomic E-state index is 10.7. The van der Waals surface area contributed by atoms with Gasteiger partial charge in [-0.2, -0.15) is 0 Å². The molecule has 0 saturated carbocycles. The first-order valence-corrected chi connectivity index (χ1v) is 3.76. The molecule has 0 aromatic heterocycles. The Hall–Kier alpha value is -0.670. The molecular weight excluding hydrogens is 235 g/mol. The molecule has 0 saturated heterocycles. The van der Waals surface area contributed by atoms with Crippen molar-refractivity contribution in [3.05, 3.63) is 0 Å². The Labute approximate surface area is 114 Å². The molecular formula is C7H11NaO8. The molecule has 0 radical (unpaired) electrons. The Balaban J connectivity index is -0.000000980. The molecule has 0 aliphatic heterocycles.